The highest BCUT2D eigenvalue weighted by Crippen LogP contribution is 2.38. The summed E-state index contributed by atoms with van der Waals surface area (Å²) in [6, 6.07) is 18.3. The number of nitro benzene ring substituents is 1. The van der Waals surface area contributed by atoms with Gasteiger partial charge in [0, 0.05) is 23.1 Å². The van der Waals surface area contributed by atoms with E-state index in [1.807, 2.05) is 54.8 Å². The second-order valence-corrected chi connectivity index (χ2v) is 8.57. The van der Waals surface area contributed by atoms with E-state index in [1.165, 1.54) is 11.8 Å². The summed E-state index contributed by atoms with van der Waals surface area (Å²) in [5.74, 6) is 0.212. The van der Waals surface area contributed by atoms with Crippen LogP contribution in [0.2, 0.25) is 0 Å². The Balaban J connectivity index is 1.76. The Morgan fingerprint density at radius 1 is 1.09 bits per heavy atom. The van der Waals surface area contributed by atoms with E-state index < -0.39 is 5.97 Å². The molecule has 4 rings (SSSR count). The van der Waals surface area contributed by atoms with Crippen LogP contribution in [0, 0.1) is 17.0 Å². The molecule has 0 amide bonds. The number of nitrogens with zero attached hydrogens (tertiary/aromatic N) is 3. The van der Waals surface area contributed by atoms with Crippen molar-refractivity contribution in [3.63, 3.8) is 0 Å². The maximum Gasteiger partial charge on any atom is 0.338 e. The lowest BCUT2D eigenvalue weighted by Gasteiger charge is -2.08. The molecule has 1 aromatic heterocycles. The first-order valence-electron chi connectivity index (χ1n) is 10.6. The van der Waals surface area contributed by atoms with Crippen LogP contribution in [0.3, 0.4) is 0 Å². The molecule has 0 unspecified atom stereocenters. The van der Waals surface area contributed by atoms with Gasteiger partial charge in [-0.2, -0.15) is 0 Å². The molecule has 0 bridgehead atoms. The van der Waals surface area contributed by atoms with Crippen molar-refractivity contribution in [3.05, 3.63) is 81.9 Å². The van der Waals surface area contributed by atoms with Gasteiger partial charge in [0.25, 0.3) is 5.69 Å². The van der Waals surface area contributed by atoms with Crippen molar-refractivity contribution in [2.75, 3.05) is 6.61 Å². The smallest absolute Gasteiger partial charge is 0.338 e. The highest BCUT2D eigenvalue weighted by Gasteiger charge is 2.20. The molecule has 33 heavy (non-hydrogen) atoms. The minimum Gasteiger partial charge on any atom is -0.462 e. The first-order chi connectivity index (χ1) is 15.9. The Morgan fingerprint density at radius 2 is 1.85 bits per heavy atom. The van der Waals surface area contributed by atoms with Crippen LogP contribution >= 0.6 is 11.8 Å². The van der Waals surface area contributed by atoms with Crippen molar-refractivity contribution in [2.45, 2.75) is 37.1 Å². The summed E-state index contributed by atoms with van der Waals surface area (Å²) < 4.78 is 7.07. The first kappa shape index (κ1) is 22.5. The molecule has 0 fully saturated rings. The highest BCUT2D eigenvalue weighted by atomic mass is 32.2. The SMILES string of the molecule is CCOC(=O)c1ccc2c(c1)nc(-c1ccc(Sc3ccc(C)cc3)c([N+](=O)[O-])c1)n2CC. The van der Waals surface area contributed by atoms with Crippen molar-refractivity contribution in [2.24, 2.45) is 0 Å². The third kappa shape index (κ3) is 4.61. The Kier molecular flexibility index (Phi) is 6.46. The van der Waals surface area contributed by atoms with Crippen LogP contribution in [-0.4, -0.2) is 27.1 Å². The number of esters is 1. The van der Waals surface area contributed by atoms with Gasteiger partial charge in [0.05, 0.1) is 33.0 Å². The van der Waals surface area contributed by atoms with Gasteiger partial charge in [-0.15, -0.1) is 0 Å². The zero-order valence-electron chi connectivity index (χ0n) is 18.6. The number of carbonyl (C=O) groups excluding carboxylic acids is 1. The molecule has 0 atom stereocenters. The maximum atomic E-state index is 12.1. The Labute approximate surface area is 195 Å². The summed E-state index contributed by atoms with van der Waals surface area (Å²) in [5.41, 5.74) is 3.71. The van der Waals surface area contributed by atoms with Crippen LogP contribution in [-0.2, 0) is 11.3 Å². The Bertz CT molecular complexity index is 1350. The second kappa shape index (κ2) is 9.46. The number of hydrogen-bond donors (Lipinski definition) is 0. The molecule has 0 saturated carbocycles. The van der Waals surface area contributed by atoms with E-state index in [4.69, 9.17) is 9.72 Å². The number of benzene rings is 3. The molecular formula is C25H23N3O4S. The monoisotopic (exact) mass is 461 g/mol. The number of hydrogen-bond acceptors (Lipinski definition) is 6. The Morgan fingerprint density at radius 3 is 2.52 bits per heavy atom. The molecular weight excluding hydrogens is 438 g/mol. The van der Waals surface area contributed by atoms with Gasteiger partial charge in [0.15, 0.2) is 0 Å². The molecule has 0 N–H and O–H groups in total. The van der Waals surface area contributed by atoms with Crippen LogP contribution < -0.4 is 0 Å². The van der Waals surface area contributed by atoms with Crippen LogP contribution in [0.4, 0.5) is 5.69 Å². The minimum absolute atomic E-state index is 0.0278. The van der Waals surface area contributed by atoms with Crippen LogP contribution in [0.15, 0.2) is 70.5 Å². The number of aromatic nitrogens is 2. The fraction of sp³-hybridized carbons (Fsp3) is 0.200. The number of carbonyl (C=O) groups is 1. The predicted octanol–water partition coefficient (Wildman–Crippen LogP) is 6.27. The second-order valence-electron chi connectivity index (χ2n) is 7.46. The molecule has 0 aliphatic rings. The summed E-state index contributed by atoms with van der Waals surface area (Å²) in [5, 5.41) is 11.9. The van der Waals surface area contributed by atoms with Gasteiger partial charge in [0.2, 0.25) is 0 Å². The van der Waals surface area contributed by atoms with Crippen molar-refractivity contribution in [1.29, 1.82) is 0 Å². The van der Waals surface area contributed by atoms with Gasteiger partial charge >= 0.3 is 5.97 Å². The number of nitro groups is 1. The van der Waals surface area contributed by atoms with Gasteiger partial charge in [-0.25, -0.2) is 9.78 Å². The lowest BCUT2D eigenvalue weighted by molar-refractivity contribution is -0.387. The van der Waals surface area contributed by atoms with Gasteiger partial charge in [-0.05, 0) is 63.2 Å². The van der Waals surface area contributed by atoms with E-state index in [1.54, 1.807) is 31.2 Å². The molecule has 0 spiro atoms. The predicted molar refractivity (Wildman–Crippen MR) is 129 cm³/mol. The standard InChI is InChI=1S/C25H23N3O4S/c1-4-27-21-12-8-18(25(29)32-5-2)14-20(21)26-24(27)17-9-13-23(22(15-17)28(30)31)33-19-10-6-16(3)7-11-19/h6-15H,4-5H2,1-3H3. The summed E-state index contributed by atoms with van der Waals surface area (Å²) in [6.07, 6.45) is 0. The fourth-order valence-corrected chi connectivity index (χ4v) is 4.53. The van der Waals surface area contributed by atoms with Crippen LogP contribution in [0.1, 0.15) is 29.8 Å². The number of ether oxygens (including phenoxy) is 1. The zero-order valence-corrected chi connectivity index (χ0v) is 19.4. The zero-order chi connectivity index (χ0) is 23.5. The maximum absolute atomic E-state index is 12.1. The van der Waals surface area contributed by atoms with E-state index in [2.05, 4.69) is 0 Å². The molecule has 7 nitrogen and oxygen atoms in total. The van der Waals surface area contributed by atoms with Crippen molar-refractivity contribution >= 4 is 34.5 Å². The van der Waals surface area contributed by atoms with E-state index in [0.29, 0.717) is 40.5 Å². The molecule has 168 valence electrons. The van der Waals surface area contributed by atoms with Crippen molar-refractivity contribution in [1.82, 2.24) is 9.55 Å². The van der Waals surface area contributed by atoms with E-state index in [0.717, 1.165) is 16.0 Å². The highest BCUT2D eigenvalue weighted by molar-refractivity contribution is 7.99. The quantitative estimate of drug-likeness (QED) is 0.183. The normalized spacial score (nSPS) is 11.0. The number of fused-ring (bicyclic) bond motifs is 1. The number of imidazole rings is 1. The molecule has 3 aromatic carbocycles. The fourth-order valence-electron chi connectivity index (χ4n) is 3.63. The summed E-state index contributed by atoms with van der Waals surface area (Å²) in [7, 11) is 0. The minimum atomic E-state index is -0.403. The topological polar surface area (TPSA) is 87.3 Å². The van der Waals surface area contributed by atoms with Crippen LogP contribution in [0.5, 0.6) is 0 Å². The van der Waals surface area contributed by atoms with Crippen molar-refractivity contribution < 1.29 is 14.5 Å². The Hall–Kier alpha value is -3.65. The van der Waals surface area contributed by atoms with Crippen molar-refractivity contribution in [3.8, 4) is 11.4 Å². The molecule has 0 saturated heterocycles. The molecule has 0 radical (unpaired) electrons. The summed E-state index contributed by atoms with van der Waals surface area (Å²) in [6.45, 7) is 6.66. The number of rotatable bonds is 7. The van der Waals surface area contributed by atoms with Gasteiger partial charge in [0.1, 0.15) is 5.82 Å². The largest absolute Gasteiger partial charge is 0.462 e. The average Bonchev–Trinajstić information content (AvgIpc) is 3.18. The van der Waals surface area contributed by atoms with E-state index in [9.17, 15) is 14.9 Å². The molecule has 4 aromatic rings. The molecule has 1 heterocycles. The molecule has 0 aliphatic carbocycles. The van der Waals surface area contributed by atoms with E-state index in [-0.39, 0.29) is 10.6 Å². The number of aryl methyl sites for hydroxylation is 2. The van der Waals surface area contributed by atoms with Crippen LogP contribution in [0.25, 0.3) is 22.4 Å². The van der Waals surface area contributed by atoms with Gasteiger partial charge in [-0.1, -0.05) is 29.5 Å². The van der Waals surface area contributed by atoms with E-state index >= 15 is 0 Å². The third-order valence-corrected chi connectivity index (χ3v) is 6.31. The summed E-state index contributed by atoms with van der Waals surface area (Å²) >= 11 is 1.36. The van der Waals surface area contributed by atoms with Gasteiger partial charge in [-0.3, -0.25) is 10.1 Å². The lowest BCUT2D eigenvalue weighted by atomic mass is 10.2. The molecule has 8 heteroatoms. The average molecular weight is 462 g/mol. The molecule has 0 aliphatic heterocycles. The van der Waals surface area contributed by atoms with Gasteiger partial charge < -0.3 is 9.30 Å². The summed E-state index contributed by atoms with van der Waals surface area (Å²) in [4.78, 5) is 29.8. The third-order valence-electron chi connectivity index (χ3n) is 5.24. The lowest BCUT2D eigenvalue weighted by Crippen LogP contribution is -2.04. The first-order valence-corrected chi connectivity index (χ1v) is 11.4.